The smallest absolute Gasteiger partial charge is 0.407 e. The number of carbonyl (C=O) groups excluding carboxylic acids is 3. The maximum Gasteiger partial charge on any atom is 0.407 e. The number of hydrogen-bond donors (Lipinski definition) is 2. The highest BCUT2D eigenvalue weighted by molar-refractivity contribution is 5.97. The van der Waals surface area contributed by atoms with E-state index in [1.54, 1.807) is 7.05 Å². The van der Waals surface area contributed by atoms with Crippen LogP contribution in [0.2, 0.25) is 0 Å². The first-order valence-electron chi connectivity index (χ1n) is 10.3. The summed E-state index contributed by atoms with van der Waals surface area (Å²) in [4.78, 5) is 40.8. The molecule has 0 bridgehead atoms. The highest BCUT2D eigenvalue weighted by Gasteiger charge is 2.30. The number of carbonyl (C=O) groups is 3. The second-order valence-corrected chi connectivity index (χ2v) is 7.58. The molecule has 2 aliphatic rings. The Bertz CT molecular complexity index is 748. The van der Waals surface area contributed by atoms with E-state index in [1.165, 1.54) is 9.80 Å². The van der Waals surface area contributed by atoms with E-state index in [9.17, 15) is 14.4 Å². The van der Waals surface area contributed by atoms with Crippen molar-refractivity contribution in [3.8, 4) is 0 Å². The molecule has 3 rings (SSSR count). The fourth-order valence-corrected chi connectivity index (χ4v) is 3.92. The van der Waals surface area contributed by atoms with Crippen molar-refractivity contribution in [2.45, 2.75) is 51.2 Å². The van der Waals surface area contributed by atoms with E-state index in [-0.39, 0.29) is 24.5 Å². The van der Waals surface area contributed by atoms with Gasteiger partial charge in [0.05, 0.1) is 5.69 Å². The predicted octanol–water partition coefficient (Wildman–Crippen LogP) is 2.79. The molecule has 29 heavy (non-hydrogen) atoms. The van der Waals surface area contributed by atoms with Gasteiger partial charge in [-0.2, -0.15) is 0 Å². The van der Waals surface area contributed by atoms with Crippen LogP contribution >= 0.6 is 0 Å². The molecular weight excluding hydrogens is 372 g/mol. The number of benzene rings is 1. The largest absolute Gasteiger partial charge is 0.441 e. The highest BCUT2D eigenvalue weighted by atomic mass is 16.6. The number of hydrogen-bond acceptors (Lipinski definition) is 4. The van der Waals surface area contributed by atoms with Crippen LogP contribution in [-0.2, 0) is 9.53 Å². The van der Waals surface area contributed by atoms with Crippen molar-refractivity contribution < 1.29 is 19.1 Å². The van der Waals surface area contributed by atoms with Crippen molar-refractivity contribution in [1.82, 2.24) is 15.5 Å². The fraction of sp³-hybridized carbons (Fsp3) is 0.571. The van der Waals surface area contributed by atoms with Crippen LogP contribution in [0, 0.1) is 0 Å². The molecule has 8 nitrogen and oxygen atoms in total. The molecule has 8 heteroatoms. The van der Waals surface area contributed by atoms with Crippen LogP contribution in [0.5, 0.6) is 0 Å². The lowest BCUT2D eigenvalue weighted by atomic mass is 10.0. The Morgan fingerprint density at radius 3 is 2.62 bits per heavy atom. The van der Waals surface area contributed by atoms with E-state index >= 15 is 0 Å². The number of rotatable bonds is 3. The number of para-hydroxylation sites is 1. The maximum absolute atomic E-state index is 12.8. The number of urea groups is 1. The van der Waals surface area contributed by atoms with Gasteiger partial charge >= 0.3 is 12.1 Å². The van der Waals surface area contributed by atoms with Gasteiger partial charge in [0.15, 0.2) is 0 Å². The molecule has 1 aliphatic heterocycles. The molecule has 158 valence electrons. The maximum atomic E-state index is 12.8. The monoisotopic (exact) mass is 402 g/mol. The first-order chi connectivity index (χ1) is 14.0. The Balaban J connectivity index is 1.82. The van der Waals surface area contributed by atoms with Crippen molar-refractivity contribution in [3.63, 3.8) is 0 Å². The minimum atomic E-state index is -0.562. The lowest BCUT2D eigenvalue weighted by molar-refractivity contribution is -0.118. The summed E-state index contributed by atoms with van der Waals surface area (Å²) in [6, 6.07) is 7.32. The van der Waals surface area contributed by atoms with Crippen LogP contribution in [0.1, 0.15) is 50.7 Å². The Labute approximate surface area is 171 Å². The average molecular weight is 402 g/mol. The normalized spacial score (nSPS) is 20.3. The van der Waals surface area contributed by atoms with Crippen molar-refractivity contribution >= 4 is 23.7 Å². The first kappa shape index (κ1) is 21.0. The summed E-state index contributed by atoms with van der Waals surface area (Å²) in [6.45, 7) is 2.58. The minimum absolute atomic E-state index is 0.0166. The summed E-state index contributed by atoms with van der Waals surface area (Å²) in [6.07, 6.45) is 3.52. The fourth-order valence-electron chi connectivity index (χ4n) is 3.92. The number of nitrogens with one attached hydrogen (secondary N) is 2. The summed E-state index contributed by atoms with van der Waals surface area (Å²) in [7, 11) is 1.68. The SMILES string of the molecule is CCNC(=O)OC1CCN(C(=O)NC2CCCC2)CC(=O)N(C)c2ccccc21. The van der Waals surface area contributed by atoms with Crippen molar-refractivity contribution in [2.24, 2.45) is 0 Å². The quantitative estimate of drug-likeness (QED) is 0.813. The number of amides is 4. The molecule has 1 unspecified atom stereocenters. The van der Waals surface area contributed by atoms with Crippen LogP contribution in [-0.4, -0.2) is 55.7 Å². The van der Waals surface area contributed by atoms with E-state index in [0.717, 1.165) is 31.2 Å². The molecule has 1 atom stereocenters. The molecule has 1 aromatic carbocycles. The Kier molecular flexibility index (Phi) is 6.95. The van der Waals surface area contributed by atoms with Gasteiger partial charge in [-0.05, 0) is 25.8 Å². The van der Waals surface area contributed by atoms with Crippen molar-refractivity contribution in [3.05, 3.63) is 29.8 Å². The number of ether oxygens (including phenoxy) is 1. The number of likely N-dealkylation sites (N-methyl/N-ethyl adjacent to an activating group) is 1. The Morgan fingerprint density at radius 2 is 1.90 bits per heavy atom. The summed E-state index contributed by atoms with van der Waals surface area (Å²) in [5, 5.41) is 5.69. The van der Waals surface area contributed by atoms with Gasteiger partial charge < -0.3 is 25.2 Å². The van der Waals surface area contributed by atoms with Gasteiger partial charge in [0.2, 0.25) is 5.91 Å². The van der Waals surface area contributed by atoms with E-state index in [0.29, 0.717) is 25.2 Å². The van der Waals surface area contributed by atoms with Gasteiger partial charge in [-0.15, -0.1) is 0 Å². The summed E-state index contributed by atoms with van der Waals surface area (Å²) in [5.41, 5.74) is 1.44. The van der Waals surface area contributed by atoms with Crippen molar-refractivity contribution in [1.29, 1.82) is 0 Å². The predicted molar refractivity (Wildman–Crippen MR) is 110 cm³/mol. The molecule has 0 saturated heterocycles. The molecule has 1 heterocycles. The first-order valence-corrected chi connectivity index (χ1v) is 10.3. The van der Waals surface area contributed by atoms with Gasteiger partial charge in [-0.25, -0.2) is 9.59 Å². The number of nitrogens with zero attached hydrogens (tertiary/aromatic N) is 2. The Hall–Kier alpha value is -2.77. The molecule has 1 aliphatic carbocycles. The van der Waals surface area contributed by atoms with Crippen LogP contribution in [0.4, 0.5) is 15.3 Å². The van der Waals surface area contributed by atoms with Crippen LogP contribution in [0.25, 0.3) is 0 Å². The zero-order valence-electron chi connectivity index (χ0n) is 17.1. The molecule has 0 radical (unpaired) electrons. The molecule has 1 fully saturated rings. The van der Waals surface area contributed by atoms with E-state index < -0.39 is 12.2 Å². The topological polar surface area (TPSA) is 91.0 Å². The average Bonchev–Trinajstić information content (AvgIpc) is 3.22. The van der Waals surface area contributed by atoms with Crippen LogP contribution in [0.15, 0.2) is 24.3 Å². The van der Waals surface area contributed by atoms with Crippen LogP contribution in [0.3, 0.4) is 0 Å². The Morgan fingerprint density at radius 1 is 1.17 bits per heavy atom. The van der Waals surface area contributed by atoms with Crippen molar-refractivity contribution in [2.75, 3.05) is 31.6 Å². The lowest BCUT2D eigenvalue weighted by Gasteiger charge is -2.26. The van der Waals surface area contributed by atoms with Gasteiger partial charge in [0.1, 0.15) is 12.6 Å². The third-order valence-corrected chi connectivity index (χ3v) is 5.55. The van der Waals surface area contributed by atoms with Gasteiger partial charge in [-0.3, -0.25) is 4.79 Å². The number of anilines is 1. The molecule has 1 aromatic rings. The second kappa shape index (κ2) is 9.62. The molecule has 0 aromatic heterocycles. The highest BCUT2D eigenvalue weighted by Crippen LogP contribution is 2.32. The zero-order valence-corrected chi connectivity index (χ0v) is 17.1. The third kappa shape index (κ3) is 5.19. The molecule has 4 amide bonds. The van der Waals surface area contributed by atoms with Gasteiger partial charge in [-0.1, -0.05) is 31.0 Å². The van der Waals surface area contributed by atoms with Crippen LogP contribution < -0.4 is 15.5 Å². The van der Waals surface area contributed by atoms with Gasteiger partial charge in [0, 0.05) is 38.2 Å². The number of fused-ring (bicyclic) bond motifs is 1. The van der Waals surface area contributed by atoms with E-state index in [1.807, 2.05) is 31.2 Å². The molecular formula is C21H30N4O4. The number of alkyl carbamates (subject to hydrolysis) is 1. The summed E-state index contributed by atoms with van der Waals surface area (Å²) >= 11 is 0. The van der Waals surface area contributed by atoms with Gasteiger partial charge in [0.25, 0.3) is 0 Å². The standard InChI is InChI=1S/C21H30N4O4/c1-3-22-21(28)29-18-12-13-25(20(27)23-15-8-4-5-9-15)14-19(26)24(2)17-11-7-6-10-16(17)18/h6-7,10-11,15,18H,3-5,8-9,12-14H2,1-2H3,(H,22,28)(H,23,27). The lowest BCUT2D eigenvalue weighted by Crippen LogP contribution is -2.48. The van der Waals surface area contributed by atoms with E-state index in [2.05, 4.69) is 10.6 Å². The van der Waals surface area contributed by atoms with E-state index in [4.69, 9.17) is 4.74 Å². The molecule has 0 spiro atoms. The molecule has 2 N–H and O–H groups in total. The summed E-state index contributed by atoms with van der Waals surface area (Å²) in [5.74, 6) is -0.183. The zero-order chi connectivity index (χ0) is 20.8. The second-order valence-electron chi connectivity index (χ2n) is 7.58. The third-order valence-electron chi connectivity index (χ3n) is 5.55. The minimum Gasteiger partial charge on any atom is -0.441 e. The summed E-state index contributed by atoms with van der Waals surface area (Å²) < 4.78 is 5.65. The molecule has 1 saturated carbocycles.